The van der Waals surface area contributed by atoms with Gasteiger partial charge in [0.2, 0.25) is 0 Å². The Kier molecular flexibility index (Phi) is 7.51. The third-order valence-electron chi connectivity index (χ3n) is 4.10. The third kappa shape index (κ3) is 5.29. The largest absolute Gasteiger partial charge is 0.379 e. The van der Waals surface area contributed by atoms with Gasteiger partial charge in [-0.15, -0.1) is 24.0 Å². The van der Waals surface area contributed by atoms with Crippen molar-refractivity contribution in [3.63, 3.8) is 0 Å². The SMILES string of the molecule is Fc1ccc(C(CNC2=NCCCN2)N2CCOCC2)cc1.I. The summed E-state index contributed by atoms with van der Waals surface area (Å²) in [4.78, 5) is 6.83. The summed E-state index contributed by atoms with van der Waals surface area (Å²) >= 11 is 0. The number of ether oxygens (including phenoxy) is 1. The molecule has 1 unspecified atom stereocenters. The van der Waals surface area contributed by atoms with Crippen molar-refractivity contribution in [2.24, 2.45) is 4.99 Å². The number of rotatable bonds is 4. The second kappa shape index (κ2) is 9.39. The number of halogens is 2. The number of nitrogens with zero attached hydrogens (tertiary/aromatic N) is 2. The number of guanidine groups is 1. The Morgan fingerprint density at radius 2 is 2.00 bits per heavy atom. The first-order chi connectivity index (χ1) is 10.8. The van der Waals surface area contributed by atoms with Crippen LogP contribution in [0.15, 0.2) is 29.3 Å². The van der Waals surface area contributed by atoms with Crippen LogP contribution in [0, 0.1) is 5.82 Å². The highest BCUT2D eigenvalue weighted by atomic mass is 127. The lowest BCUT2D eigenvalue weighted by atomic mass is 10.0. The molecule has 2 aliphatic heterocycles. The zero-order chi connectivity index (χ0) is 15.2. The molecule has 1 atom stereocenters. The van der Waals surface area contributed by atoms with Crippen molar-refractivity contribution >= 4 is 29.9 Å². The number of nitrogens with one attached hydrogen (secondary N) is 2. The van der Waals surface area contributed by atoms with E-state index in [0.29, 0.717) is 0 Å². The van der Waals surface area contributed by atoms with Gasteiger partial charge in [0.25, 0.3) is 0 Å². The molecule has 7 heteroatoms. The average molecular weight is 434 g/mol. The molecule has 0 aromatic heterocycles. The fraction of sp³-hybridized carbons (Fsp3) is 0.562. The van der Waals surface area contributed by atoms with Gasteiger partial charge >= 0.3 is 0 Å². The highest BCUT2D eigenvalue weighted by Crippen LogP contribution is 2.21. The van der Waals surface area contributed by atoms with Crippen molar-refractivity contribution in [2.45, 2.75) is 12.5 Å². The van der Waals surface area contributed by atoms with E-state index in [1.165, 1.54) is 12.1 Å². The molecule has 23 heavy (non-hydrogen) atoms. The molecule has 2 heterocycles. The van der Waals surface area contributed by atoms with E-state index < -0.39 is 0 Å². The standard InChI is InChI=1S/C16H23FN4O.HI/c17-14-4-2-13(3-5-14)15(21-8-10-22-11-9-21)12-20-16-18-6-1-7-19-16;/h2-5,15H,1,6-12H2,(H2,18,19,20);1H. The van der Waals surface area contributed by atoms with E-state index in [2.05, 4.69) is 20.5 Å². The zero-order valence-corrected chi connectivity index (χ0v) is 15.5. The van der Waals surface area contributed by atoms with Crippen LogP contribution >= 0.6 is 24.0 Å². The van der Waals surface area contributed by atoms with Gasteiger partial charge in [-0.2, -0.15) is 0 Å². The van der Waals surface area contributed by atoms with Crippen LogP contribution in [0.1, 0.15) is 18.0 Å². The Balaban J connectivity index is 0.00000192. The summed E-state index contributed by atoms with van der Waals surface area (Å²) < 4.78 is 18.6. The Morgan fingerprint density at radius 1 is 1.26 bits per heavy atom. The van der Waals surface area contributed by atoms with Crippen molar-refractivity contribution in [1.82, 2.24) is 15.5 Å². The highest BCUT2D eigenvalue weighted by molar-refractivity contribution is 14.0. The van der Waals surface area contributed by atoms with E-state index in [9.17, 15) is 4.39 Å². The van der Waals surface area contributed by atoms with E-state index in [1.54, 1.807) is 0 Å². The molecule has 1 saturated heterocycles. The maximum atomic E-state index is 13.2. The normalized spacial score (nSPS) is 20.0. The van der Waals surface area contributed by atoms with Gasteiger partial charge in [0, 0.05) is 32.7 Å². The molecule has 2 aliphatic rings. The van der Waals surface area contributed by atoms with Gasteiger partial charge in [0.05, 0.1) is 19.3 Å². The van der Waals surface area contributed by atoms with E-state index >= 15 is 0 Å². The molecule has 1 aromatic rings. The predicted molar refractivity (Wildman–Crippen MR) is 99.9 cm³/mol. The molecule has 0 bridgehead atoms. The van der Waals surface area contributed by atoms with E-state index in [4.69, 9.17) is 4.74 Å². The molecule has 128 valence electrons. The van der Waals surface area contributed by atoms with Crippen molar-refractivity contribution in [3.05, 3.63) is 35.6 Å². The van der Waals surface area contributed by atoms with Crippen molar-refractivity contribution < 1.29 is 9.13 Å². The lowest BCUT2D eigenvalue weighted by Gasteiger charge is -2.35. The number of morpholine rings is 1. The van der Waals surface area contributed by atoms with Crippen LogP contribution in [0.3, 0.4) is 0 Å². The van der Waals surface area contributed by atoms with E-state index in [0.717, 1.165) is 63.9 Å². The van der Waals surface area contributed by atoms with Crippen LogP contribution in [0.4, 0.5) is 4.39 Å². The number of hydrogen-bond donors (Lipinski definition) is 2. The summed E-state index contributed by atoms with van der Waals surface area (Å²) in [5.41, 5.74) is 1.12. The summed E-state index contributed by atoms with van der Waals surface area (Å²) in [5, 5.41) is 6.67. The van der Waals surface area contributed by atoms with Crippen LogP contribution in [0.5, 0.6) is 0 Å². The van der Waals surface area contributed by atoms with Crippen molar-refractivity contribution in [2.75, 3.05) is 45.9 Å². The Morgan fingerprint density at radius 3 is 2.65 bits per heavy atom. The minimum Gasteiger partial charge on any atom is -0.379 e. The lowest BCUT2D eigenvalue weighted by Crippen LogP contribution is -2.47. The molecule has 5 nitrogen and oxygen atoms in total. The second-order valence-corrected chi connectivity index (χ2v) is 5.61. The molecular formula is C16H24FIN4O. The lowest BCUT2D eigenvalue weighted by molar-refractivity contribution is 0.0170. The average Bonchev–Trinajstić information content (AvgIpc) is 2.58. The fourth-order valence-electron chi connectivity index (χ4n) is 2.88. The van der Waals surface area contributed by atoms with Gasteiger partial charge in [-0.25, -0.2) is 4.39 Å². The summed E-state index contributed by atoms with van der Waals surface area (Å²) in [6.45, 7) is 5.86. The number of aliphatic imine (C=N–C) groups is 1. The molecule has 1 fully saturated rings. The van der Waals surface area contributed by atoms with Gasteiger partial charge in [-0.1, -0.05) is 12.1 Å². The maximum absolute atomic E-state index is 13.2. The Labute approximate surface area is 153 Å². The predicted octanol–water partition coefficient (Wildman–Crippen LogP) is 1.76. The van der Waals surface area contributed by atoms with E-state index in [1.807, 2.05) is 12.1 Å². The van der Waals surface area contributed by atoms with Crippen LogP contribution in [0.25, 0.3) is 0 Å². The molecule has 0 aliphatic carbocycles. The fourth-order valence-corrected chi connectivity index (χ4v) is 2.88. The minimum atomic E-state index is -0.198. The second-order valence-electron chi connectivity index (χ2n) is 5.61. The molecule has 0 spiro atoms. The smallest absolute Gasteiger partial charge is 0.191 e. The Bertz CT molecular complexity index is 505. The van der Waals surface area contributed by atoms with Crippen LogP contribution in [0.2, 0.25) is 0 Å². The number of hydrogen-bond acceptors (Lipinski definition) is 5. The van der Waals surface area contributed by atoms with Crippen LogP contribution < -0.4 is 10.6 Å². The summed E-state index contributed by atoms with van der Waals surface area (Å²) in [5.74, 6) is 0.669. The summed E-state index contributed by atoms with van der Waals surface area (Å²) in [6.07, 6.45) is 1.08. The molecule has 0 amide bonds. The van der Waals surface area contributed by atoms with Crippen LogP contribution in [-0.2, 0) is 4.74 Å². The molecule has 2 N–H and O–H groups in total. The molecule has 1 aromatic carbocycles. The first-order valence-corrected chi connectivity index (χ1v) is 7.92. The topological polar surface area (TPSA) is 48.9 Å². The first-order valence-electron chi connectivity index (χ1n) is 7.92. The first kappa shape index (κ1) is 18.4. The number of benzene rings is 1. The molecule has 0 saturated carbocycles. The van der Waals surface area contributed by atoms with Crippen LogP contribution in [-0.4, -0.2) is 56.8 Å². The third-order valence-corrected chi connectivity index (χ3v) is 4.10. The van der Waals surface area contributed by atoms with Crippen molar-refractivity contribution in [1.29, 1.82) is 0 Å². The summed E-state index contributed by atoms with van der Waals surface area (Å²) in [6, 6.07) is 6.98. The molecule has 0 radical (unpaired) electrons. The molecular weight excluding hydrogens is 410 g/mol. The van der Waals surface area contributed by atoms with Gasteiger partial charge in [0.15, 0.2) is 5.96 Å². The maximum Gasteiger partial charge on any atom is 0.191 e. The highest BCUT2D eigenvalue weighted by Gasteiger charge is 2.23. The van der Waals surface area contributed by atoms with Gasteiger partial charge < -0.3 is 15.4 Å². The molecule has 3 rings (SSSR count). The monoisotopic (exact) mass is 434 g/mol. The van der Waals surface area contributed by atoms with Crippen molar-refractivity contribution in [3.8, 4) is 0 Å². The van der Waals surface area contributed by atoms with Gasteiger partial charge in [0.1, 0.15) is 5.82 Å². The van der Waals surface area contributed by atoms with E-state index in [-0.39, 0.29) is 35.8 Å². The minimum absolute atomic E-state index is 0. The summed E-state index contributed by atoms with van der Waals surface area (Å²) in [7, 11) is 0. The Hall–Kier alpha value is -0.930. The van der Waals surface area contributed by atoms with Gasteiger partial charge in [-0.3, -0.25) is 9.89 Å². The quantitative estimate of drug-likeness (QED) is 0.710. The zero-order valence-electron chi connectivity index (χ0n) is 13.1. The van der Waals surface area contributed by atoms with Gasteiger partial charge in [-0.05, 0) is 24.1 Å².